The molecule has 2 aromatic carbocycles. The molecule has 2 aliphatic heterocycles. The molecule has 8 rings (SSSR count). The summed E-state index contributed by atoms with van der Waals surface area (Å²) in [4.78, 5) is 22.1. The normalized spacial score (nSPS) is 19.6. The molecule has 3 atom stereocenters. The number of fused-ring (bicyclic) bond motifs is 4. The van der Waals surface area contributed by atoms with Crippen LogP contribution in [0.15, 0.2) is 79.1 Å². The van der Waals surface area contributed by atoms with Crippen LogP contribution >= 0.6 is 0 Å². The van der Waals surface area contributed by atoms with Gasteiger partial charge in [0.2, 0.25) is 0 Å². The summed E-state index contributed by atoms with van der Waals surface area (Å²) < 4.78 is 6.10. The maximum absolute atomic E-state index is 6.10. The molecule has 0 saturated carbocycles. The number of hydrogen-bond donors (Lipinski definition) is 3. The summed E-state index contributed by atoms with van der Waals surface area (Å²) in [5.41, 5.74) is 10.9. The molecule has 0 radical (unpaired) electrons. The average Bonchev–Trinajstić information content (AvgIpc) is 3.59. The number of aromatic amines is 1. The van der Waals surface area contributed by atoms with Crippen molar-refractivity contribution >= 4 is 44.7 Å². The summed E-state index contributed by atoms with van der Waals surface area (Å²) in [6.07, 6.45) is 9.12. The van der Waals surface area contributed by atoms with E-state index in [1.807, 2.05) is 50.4 Å². The van der Waals surface area contributed by atoms with E-state index in [1.165, 1.54) is 18.4 Å². The van der Waals surface area contributed by atoms with Gasteiger partial charge in [-0.3, -0.25) is 15.0 Å². The maximum atomic E-state index is 6.10. The van der Waals surface area contributed by atoms with E-state index in [4.69, 9.17) is 19.7 Å². The lowest BCUT2D eigenvalue weighted by molar-refractivity contribution is -0.00378. The summed E-state index contributed by atoms with van der Waals surface area (Å²) in [5.74, 6) is 1.28. The highest BCUT2D eigenvalue weighted by molar-refractivity contribution is 5.94. The molecule has 0 aliphatic carbocycles. The van der Waals surface area contributed by atoms with E-state index in [-0.39, 0.29) is 0 Å². The summed E-state index contributed by atoms with van der Waals surface area (Å²) in [6, 6.07) is 23.0. The third-order valence-electron chi connectivity index (χ3n) is 8.67. The Morgan fingerprint density at radius 3 is 2.37 bits per heavy atom. The van der Waals surface area contributed by atoms with Crippen LogP contribution in [0.4, 0.5) is 22.7 Å². The van der Waals surface area contributed by atoms with Crippen molar-refractivity contribution in [2.75, 3.05) is 10.6 Å². The molecule has 6 aromatic rings. The van der Waals surface area contributed by atoms with E-state index < -0.39 is 0 Å². The van der Waals surface area contributed by atoms with E-state index in [1.54, 1.807) is 6.20 Å². The fourth-order valence-electron chi connectivity index (χ4n) is 6.63. The van der Waals surface area contributed by atoms with E-state index in [0.717, 1.165) is 80.4 Å². The molecule has 2 saturated heterocycles. The predicted molar refractivity (Wildman–Crippen MR) is 171 cm³/mol. The van der Waals surface area contributed by atoms with Gasteiger partial charge in [-0.1, -0.05) is 6.07 Å². The van der Waals surface area contributed by atoms with Crippen molar-refractivity contribution in [3.8, 4) is 11.5 Å². The molecule has 4 aromatic heterocycles. The summed E-state index contributed by atoms with van der Waals surface area (Å²) in [6.45, 7) is 4.02. The zero-order valence-corrected chi connectivity index (χ0v) is 24.3. The van der Waals surface area contributed by atoms with Crippen molar-refractivity contribution in [3.05, 3.63) is 96.1 Å². The van der Waals surface area contributed by atoms with Gasteiger partial charge in [0, 0.05) is 40.0 Å². The van der Waals surface area contributed by atoms with Crippen LogP contribution in [-0.2, 0) is 4.74 Å². The maximum Gasteiger partial charge on any atom is 0.157 e. The van der Waals surface area contributed by atoms with Crippen LogP contribution in [0.5, 0.6) is 0 Å². The summed E-state index contributed by atoms with van der Waals surface area (Å²) >= 11 is 0. The molecule has 2 aliphatic rings. The highest BCUT2D eigenvalue weighted by Gasteiger charge is 2.35. The van der Waals surface area contributed by atoms with Crippen molar-refractivity contribution in [2.24, 2.45) is 0 Å². The Balaban J connectivity index is 1.03. The van der Waals surface area contributed by atoms with Gasteiger partial charge in [-0.2, -0.15) is 0 Å². The Kier molecular flexibility index (Phi) is 6.30. The van der Waals surface area contributed by atoms with Crippen molar-refractivity contribution in [3.63, 3.8) is 0 Å². The first-order valence-corrected chi connectivity index (χ1v) is 15.0. The first kappa shape index (κ1) is 25.9. The molecular weight excluding hydrogens is 534 g/mol. The fourth-order valence-corrected chi connectivity index (χ4v) is 6.63. The number of benzene rings is 2. The van der Waals surface area contributed by atoms with E-state index >= 15 is 0 Å². The van der Waals surface area contributed by atoms with Gasteiger partial charge in [0.1, 0.15) is 5.69 Å². The number of H-pyrrole nitrogens is 1. The molecule has 214 valence electrons. The van der Waals surface area contributed by atoms with Crippen LogP contribution in [0.25, 0.3) is 33.5 Å². The number of aromatic nitrogens is 5. The first-order valence-electron chi connectivity index (χ1n) is 15.0. The molecule has 6 heterocycles. The molecule has 0 spiro atoms. The largest absolute Gasteiger partial charge is 0.375 e. The number of ether oxygens (including phenoxy) is 1. The SMILES string of the molecule is Cc1cc(Nc2ccc3nc(-c4ccc(Nc5cc(C)nc6ccc(C7CC8CC[C@@H](C7)O8)cc56)cn4)[nH]c3c2)ccn1. The number of aryl methyl sites for hydroxylation is 2. The topological polar surface area (TPSA) is 101 Å². The second-order valence-corrected chi connectivity index (χ2v) is 11.9. The molecule has 0 amide bonds. The Hall–Kier alpha value is -4.82. The van der Waals surface area contributed by atoms with E-state index in [2.05, 4.69) is 57.0 Å². The lowest BCUT2D eigenvalue weighted by atomic mass is 9.87. The van der Waals surface area contributed by atoms with Gasteiger partial charge in [-0.15, -0.1) is 0 Å². The molecule has 2 fully saturated rings. The third-order valence-corrected chi connectivity index (χ3v) is 8.67. The molecular formula is C35H33N7O. The predicted octanol–water partition coefficient (Wildman–Crippen LogP) is 8.10. The van der Waals surface area contributed by atoms with Gasteiger partial charge in [-0.25, -0.2) is 4.98 Å². The zero-order chi connectivity index (χ0) is 28.9. The fraction of sp³-hybridized carbons (Fsp3) is 0.257. The van der Waals surface area contributed by atoms with Crippen LogP contribution in [0.1, 0.15) is 48.6 Å². The van der Waals surface area contributed by atoms with Gasteiger partial charge >= 0.3 is 0 Å². The minimum atomic E-state index is 0.416. The number of rotatable bonds is 6. The average molecular weight is 568 g/mol. The number of pyridine rings is 3. The monoisotopic (exact) mass is 567 g/mol. The van der Waals surface area contributed by atoms with Gasteiger partial charge in [0.15, 0.2) is 5.82 Å². The van der Waals surface area contributed by atoms with Crippen LogP contribution in [-0.4, -0.2) is 37.1 Å². The quantitative estimate of drug-likeness (QED) is 0.187. The third kappa shape index (κ3) is 5.19. The van der Waals surface area contributed by atoms with Crippen molar-refractivity contribution in [1.82, 2.24) is 24.9 Å². The number of anilines is 4. The molecule has 8 nitrogen and oxygen atoms in total. The van der Waals surface area contributed by atoms with Crippen molar-refractivity contribution in [1.29, 1.82) is 0 Å². The Labute approximate surface area is 250 Å². The number of nitrogens with one attached hydrogen (secondary N) is 3. The second kappa shape index (κ2) is 10.5. The minimum Gasteiger partial charge on any atom is -0.375 e. The lowest BCUT2D eigenvalue weighted by Crippen LogP contribution is -2.23. The second-order valence-electron chi connectivity index (χ2n) is 11.9. The molecule has 2 bridgehead atoms. The minimum absolute atomic E-state index is 0.416. The summed E-state index contributed by atoms with van der Waals surface area (Å²) in [5, 5.41) is 8.19. The Morgan fingerprint density at radius 1 is 0.744 bits per heavy atom. The lowest BCUT2D eigenvalue weighted by Gasteiger charge is -2.29. The standard InChI is InChI=1S/C35H33N7O/c1-20-13-25(11-12-36-20)39-24-4-9-31-34(18-24)42-35(41-31)32-10-5-26(19-37-32)40-33-14-21(2)38-30-8-3-22(17-29(30)33)23-15-27-6-7-28(16-23)43-27/h3-5,8-14,17-19,23,27-28H,6-7,15-16H2,1-2H3,(H,36,39)(H,38,40)(H,41,42)/t23?,27-,28?/m0/s1. The molecule has 3 N–H and O–H groups in total. The van der Waals surface area contributed by atoms with E-state index in [9.17, 15) is 0 Å². The molecule has 8 heteroatoms. The molecule has 2 unspecified atom stereocenters. The van der Waals surface area contributed by atoms with Crippen LogP contribution in [0, 0.1) is 13.8 Å². The zero-order valence-electron chi connectivity index (χ0n) is 24.3. The van der Waals surface area contributed by atoms with Crippen LogP contribution < -0.4 is 10.6 Å². The van der Waals surface area contributed by atoms with Crippen molar-refractivity contribution < 1.29 is 4.74 Å². The molecule has 43 heavy (non-hydrogen) atoms. The van der Waals surface area contributed by atoms with Crippen molar-refractivity contribution in [2.45, 2.75) is 57.7 Å². The Bertz CT molecular complexity index is 1950. The highest BCUT2D eigenvalue weighted by atomic mass is 16.5. The number of nitrogens with zero attached hydrogens (tertiary/aromatic N) is 4. The number of imidazole rings is 1. The van der Waals surface area contributed by atoms with Gasteiger partial charge in [0.25, 0.3) is 0 Å². The van der Waals surface area contributed by atoms with Crippen LogP contribution in [0.2, 0.25) is 0 Å². The van der Waals surface area contributed by atoms with Crippen LogP contribution in [0.3, 0.4) is 0 Å². The smallest absolute Gasteiger partial charge is 0.157 e. The number of hydrogen-bond acceptors (Lipinski definition) is 7. The highest BCUT2D eigenvalue weighted by Crippen LogP contribution is 2.42. The van der Waals surface area contributed by atoms with E-state index in [0.29, 0.717) is 18.1 Å². The van der Waals surface area contributed by atoms with Gasteiger partial charge in [-0.05, 0) is 112 Å². The first-order chi connectivity index (χ1) is 21.0. The Morgan fingerprint density at radius 2 is 1.56 bits per heavy atom. The summed E-state index contributed by atoms with van der Waals surface area (Å²) in [7, 11) is 0. The van der Waals surface area contributed by atoms with Gasteiger partial charge < -0.3 is 20.4 Å². The van der Waals surface area contributed by atoms with Gasteiger partial charge in [0.05, 0.1) is 40.6 Å².